The van der Waals surface area contributed by atoms with Crippen molar-refractivity contribution < 1.29 is 18.0 Å². The Morgan fingerprint density at radius 3 is 2.39 bits per heavy atom. The summed E-state index contributed by atoms with van der Waals surface area (Å²) >= 11 is 1.37. The first kappa shape index (κ1) is 25.2. The monoisotopic (exact) mass is 550 g/mol. The summed E-state index contributed by atoms with van der Waals surface area (Å²) in [5.74, 6) is -0.00838. The Bertz CT molecular complexity index is 1430. The van der Waals surface area contributed by atoms with Gasteiger partial charge in [-0.05, 0) is 54.7 Å². The number of amides is 2. The molecule has 0 radical (unpaired) electrons. The van der Waals surface area contributed by atoms with Gasteiger partial charge in [0.25, 0.3) is 11.8 Å². The van der Waals surface area contributed by atoms with Crippen LogP contribution in [0, 0.1) is 0 Å². The first-order valence-corrected chi connectivity index (χ1v) is 15.5. The molecule has 3 heterocycles. The number of hydrogen-bond acceptors (Lipinski definition) is 7. The third-order valence-corrected chi connectivity index (χ3v) is 10.9. The number of nitrogens with zero attached hydrogens (tertiary/aromatic N) is 4. The van der Waals surface area contributed by atoms with Gasteiger partial charge in [0.05, 0.1) is 10.1 Å². The van der Waals surface area contributed by atoms with Crippen LogP contribution in [-0.4, -0.2) is 85.2 Å². The number of likely N-dealkylation sites (tertiary alicyclic amines) is 1. The topological polar surface area (TPSA) is 90.9 Å². The van der Waals surface area contributed by atoms with E-state index >= 15 is 0 Å². The van der Waals surface area contributed by atoms with Crippen LogP contribution in [0.4, 0.5) is 0 Å². The molecule has 8 nitrogen and oxygen atoms in total. The molecule has 0 spiro atoms. The number of aromatic nitrogens is 1. The molecule has 6 rings (SSSR count). The van der Waals surface area contributed by atoms with Crippen LogP contribution in [0.15, 0.2) is 65.0 Å². The Hall–Kier alpha value is -3.08. The first-order valence-electron chi connectivity index (χ1n) is 13.1. The second-order valence-corrected chi connectivity index (χ2v) is 13.2. The van der Waals surface area contributed by atoms with E-state index in [0.717, 1.165) is 37.1 Å². The number of aryl methyl sites for hydroxylation is 1. The normalized spacial score (nSPS) is 20.6. The maximum Gasteiger partial charge on any atom is 0.282 e. The van der Waals surface area contributed by atoms with E-state index in [1.165, 1.54) is 11.3 Å². The van der Waals surface area contributed by atoms with Gasteiger partial charge < -0.3 is 9.80 Å². The fourth-order valence-corrected chi connectivity index (χ4v) is 8.30. The van der Waals surface area contributed by atoms with E-state index in [2.05, 4.69) is 9.88 Å². The van der Waals surface area contributed by atoms with Gasteiger partial charge >= 0.3 is 0 Å². The molecule has 3 aliphatic rings. The number of rotatable bonds is 5. The highest BCUT2D eigenvalue weighted by molar-refractivity contribution is 7.91. The molecule has 0 N–H and O–H groups in total. The fourth-order valence-electron chi connectivity index (χ4n) is 5.79. The molecule has 0 bridgehead atoms. The summed E-state index contributed by atoms with van der Waals surface area (Å²) in [7, 11) is -3.49. The van der Waals surface area contributed by atoms with Crippen LogP contribution in [0.2, 0.25) is 0 Å². The molecule has 1 aliphatic carbocycles. The molecular weight excluding hydrogens is 520 g/mol. The highest BCUT2D eigenvalue weighted by atomic mass is 32.2. The van der Waals surface area contributed by atoms with Crippen molar-refractivity contribution in [3.63, 3.8) is 0 Å². The summed E-state index contributed by atoms with van der Waals surface area (Å²) < 4.78 is 26.7. The molecule has 198 valence electrons. The lowest BCUT2D eigenvalue weighted by molar-refractivity contribution is 0.00852. The minimum Gasteiger partial charge on any atom is -0.335 e. The molecule has 10 heteroatoms. The summed E-state index contributed by atoms with van der Waals surface area (Å²) in [5, 5.41) is 1.77. The lowest BCUT2D eigenvalue weighted by Crippen LogP contribution is -2.64. The Balaban J connectivity index is 1.07. The lowest BCUT2D eigenvalue weighted by Gasteiger charge is -2.48. The standard InChI is InChI=1S/C28H30N4O4S2/c33-27(32-18-22(19-32)30-12-14-31(15-13-30)28(34)26-29-11-16-37-26)21-9-10-24-20(17-21)5-4-8-25(24)38(35,36)23-6-2-1-3-7-23/h1-3,6-7,9-11,16-17,22,25H,4-5,8,12-15,18-19H2. The van der Waals surface area contributed by atoms with Gasteiger partial charge in [0, 0.05) is 62.5 Å². The molecule has 1 aromatic heterocycles. The minimum atomic E-state index is -3.49. The van der Waals surface area contributed by atoms with Crippen LogP contribution in [0.3, 0.4) is 0 Å². The summed E-state index contributed by atoms with van der Waals surface area (Å²) in [6.45, 7) is 4.25. The molecule has 2 aromatic carbocycles. The minimum absolute atomic E-state index is 0.00344. The molecule has 1 unspecified atom stereocenters. The van der Waals surface area contributed by atoms with Crippen LogP contribution in [0.25, 0.3) is 0 Å². The zero-order valence-electron chi connectivity index (χ0n) is 21.0. The van der Waals surface area contributed by atoms with Gasteiger partial charge in [-0.25, -0.2) is 13.4 Å². The second-order valence-electron chi connectivity index (χ2n) is 10.2. The van der Waals surface area contributed by atoms with Crippen molar-refractivity contribution in [1.29, 1.82) is 0 Å². The van der Waals surface area contributed by atoms with E-state index < -0.39 is 15.1 Å². The van der Waals surface area contributed by atoms with Gasteiger partial charge in [-0.3, -0.25) is 14.5 Å². The van der Waals surface area contributed by atoms with Crippen LogP contribution >= 0.6 is 11.3 Å². The molecule has 2 saturated heterocycles. The molecular formula is C28H30N4O4S2. The number of carbonyl (C=O) groups is 2. The lowest BCUT2D eigenvalue weighted by atomic mass is 9.89. The van der Waals surface area contributed by atoms with Crippen LogP contribution in [0.1, 0.15) is 49.4 Å². The average Bonchev–Trinajstić information content (AvgIpc) is 3.47. The predicted octanol–water partition coefficient (Wildman–Crippen LogP) is 3.28. The number of carbonyl (C=O) groups excluding carboxylic acids is 2. The molecule has 2 aliphatic heterocycles. The average molecular weight is 551 g/mol. The van der Waals surface area contributed by atoms with E-state index in [9.17, 15) is 18.0 Å². The summed E-state index contributed by atoms with van der Waals surface area (Å²) in [4.78, 5) is 36.3. The maximum absolute atomic E-state index is 13.3. The highest BCUT2D eigenvalue weighted by Crippen LogP contribution is 2.39. The number of benzene rings is 2. The number of hydrogen-bond donors (Lipinski definition) is 0. The third kappa shape index (κ3) is 4.65. The predicted molar refractivity (Wildman–Crippen MR) is 145 cm³/mol. The summed E-state index contributed by atoms with van der Waals surface area (Å²) in [6.07, 6.45) is 3.81. The Labute approximate surface area is 226 Å². The molecule has 38 heavy (non-hydrogen) atoms. The number of piperazine rings is 1. The SMILES string of the molecule is O=C(c1ccc2c(c1)CCCC2S(=O)(=O)c1ccccc1)N1CC(N2CCN(C(=O)c3nccs3)CC2)C1. The fraction of sp³-hybridized carbons (Fsp3) is 0.393. The molecule has 1 atom stereocenters. The highest BCUT2D eigenvalue weighted by Gasteiger charge is 2.38. The number of fused-ring (bicyclic) bond motifs is 1. The van der Waals surface area contributed by atoms with Crippen molar-refractivity contribution in [2.24, 2.45) is 0 Å². The van der Waals surface area contributed by atoms with Crippen LogP contribution in [-0.2, 0) is 16.3 Å². The molecule has 0 saturated carbocycles. The van der Waals surface area contributed by atoms with E-state index in [4.69, 9.17) is 0 Å². The van der Waals surface area contributed by atoms with Crippen molar-refractivity contribution in [2.75, 3.05) is 39.3 Å². The van der Waals surface area contributed by atoms with Gasteiger partial charge in [-0.2, -0.15) is 0 Å². The van der Waals surface area contributed by atoms with Crippen molar-refractivity contribution in [1.82, 2.24) is 19.7 Å². The van der Waals surface area contributed by atoms with Gasteiger partial charge in [0.2, 0.25) is 0 Å². The zero-order valence-corrected chi connectivity index (χ0v) is 22.7. The Kier molecular flexibility index (Phi) is 6.79. The van der Waals surface area contributed by atoms with E-state index in [-0.39, 0.29) is 11.8 Å². The van der Waals surface area contributed by atoms with Crippen molar-refractivity contribution in [3.05, 3.63) is 81.8 Å². The molecule has 2 fully saturated rings. The third-order valence-electron chi connectivity index (χ3n) is 7.98. The maximum atomic E-state index is 13.3. The zero-order chi connectivity index (χ0) is 26.3. The Morgan fingerprint density at radius 2 is 1.68 bits per heavy atom. The van der Waals surface area contributed by atoms with E-state index in [1.807, 2.05) is 33.4 Å². The number of thiazole rings is 1. The summed E-state index contributed by atoms with van der Waals surface area (Å²) in [6, 6.07) is 14.5. The van der Waals surface area contributed by atoms with Gasteiger partial charge in [0.15, 0.2) is 14.8 Å². The van der Waals surface area contributed by atoms with Crippen molar-refractivity contribution >= 4 is 33.0 Å². The van der Waals surface area contributed by atoms with Crippen LogP contribution in [0.5, 0.6) is 0 Å². The quantitative estimate of drug-likeness (QED) is 0.484. The first-order chi connectivity index (χ1) is 18.4. The van der Waals surface area contributed by atoms with Crippen molar-refractivity contribution in [2.45, 2.75) is 35.4 Å². The largest absolute Gasteiger partial charge is 0.335 e. The van der Waals surface area contributed by atoms with Crippen LogP contribution < -0.4 is 0 Å². The van der Waals surface area contributed by atoms with Gasteiger partial charge in [0.1, 0.15) is 0 Å². The van der Waals surface area contributed by atoms with E-state index in [1.54, 1.807) is 36.5 Å². The molecule has 3 aromatic rings. The van der Waals surface area contributed by atoms with E-state index in [0.29, 0.717) is 54.1 Å². The summed E-state index contributed by atoms with van der Waals surface area (Å²) in [5.41, 5.74) is 2.41. The van der Waals surface area contributed by atoms with Gasteiger partial charge in [-0.1, -0.05) is 24.3 Å². The van der Waals surface area contributed by atoms with Gasteiger partial charge in [-0.15, -0.1) is 11.3 Å². The molecule has 2 amide bonds. The van der Waals surface area contributed by atoms with Crippen molar-refractivity contribution in [3.8, 4) is 0 Å². The number of sulfone groups is 1. The Morgan fingerprint density at radius 1 is 0.921 bits per heavy atom. The smallest absolute Gasteiger partial charge is 0.282 e. The second kappa shape index (κ2) is 10.2.